The monoisotopic (exact) mass is 405 g/mol. The normalized spacial score (nSPS) is 13.2. The van der Waals surface area contributed by atoms with Gasteiger partial charge in [-0.2, -0.15) is 0 Å². The van der Waals surface area contributed by atoms with Crippen LogP contribution in [0.3, 0.4) is 0 Å². The average Bonchev–Trinajstić information content (AvgIpc) is 2.62. The molecule has 0 aliphatic carbocycles. The van der Waals surface area contributed by atoms with Gasteiger partial charge in [-0.25, -0.2) is 4.79 Å². The van der Waals surface area contributed by atoms with E-state index in [0.717, 1.165) is 5.56 Å². The molecule has 0 saturated carbocycles. The molecule has 3 amide bonds. The summed E-state index contributed by atoms with van der Waals surface area (Å²) in [4.78, 5) is 37.1. The van der Waals surface area contributed by atoms with E-state index < -0.39 is 12.1 Å². The first-order valence-corrected chi connectivity index (χ1v) is 10.1. The first kappa shape index (κ1) is 24.5. The van der Waals surface area contributed by atoms with Crippen LogP contribution in [0.25, 0.3) is 0 Å². The van der Waals surface area contributed by atoms with E-state index in [1.807, 2.05) is 46.8 Å². The summed E-state index contributed by atoms with van der Waals surface area (Å²) >= 11 is 0. The SMILES string of the molecule is Cc1ccc(C(=O)NC[C@H](NC(=O)[C@@H](NC(=O)OC(C)C)C(C)C)C(C)C)cc1. The Balaban J connectivity index is 2.72. The van der Waals surface area contributed by atoms with Crippen LogP contribution in [0.2, 0.25) is 0 Å². The molecule has 0 saturated heterocycles. The molecule has 1 aromatic rings. The van der Waals surface area contributed by atoms with Crippen molar-refractivity contribution in [2.75, 3.05) is 6.54 Å². The number of carbonyl (C=O) groups is 3. The van der Waals surface area contributed by atoms with Gasteiger partial charge < -0.3 is 20.7 Å². The fourth-order valence-corrected chi connectivity index (χ4v) is 2.65. The highest BCUT2D eigenvalue weighted by atomic mass is 16.6. The minimum Gasteiger partial charge on any atom is -0.447 e. The molecule has 1 aromatic carbocycles. The molecule has 0 aliphatic heterocycles. The van der Waals surface area contributed by atoms with Crippen molar-refractivity contribution in [1.82, 2.24) is 16.0 Å². The Kier molecular flexibility index (Phi) is 9.65. The Labute approximate surface area is 174 Å². The van der Waals surface area contributed by atoms with E-state index in [0.29, 0.717) is 5.56 Å². The van der Waals surface area contributed by atoms with Gasteiger partial charge in [0, 0.05) is 18.2 Å². The number of hydrogen-bond acceptors (Lipinski definition) is 4. The van der Waals surface area contributed by atoms with Crippen LogP contribution in [-0.4, -0.2) is 42.6 Å². The van der Waals surface area contributed by atoms with Gasteiger partial charge >= 0.3 is 6.09 Å². The molecule has 1 rings (SSSR count). The maximum absolute atomic E-state index is 12.8. The van der Waals surface area contributed by atoms with Crippen molar-refractivity contribution in [2.24, 2.45) is 11.8 Å². The Morgan fingerprint density at radius 3 is 1.97 bits per heavy atom. The largest absolute Gasteiger partial charge is 0.447 e. The van der Waals surface area contributed by atoms with Crippen LogP contribution in [0.4, 0.5) is 4.79 Å². The second kappa shape index (κ2) is 11.4. The molecule has 0 aromatic heterocycles. The molecule has 0 heterocycles. The van der Waals surface area contributed by atoms with Crippen LogP contribution >= 0.6 is 0 Å². The number of nitrogens with one attached hydrogen (secondary N) is 3. The molecule has 0 fully saturated rings. The average molecular weight is 406 g/mol. The van der Waals surface area contributed by atoms with Crippen LogP contribution in [0.5, 0.6) is 0 Å². The topological polar surface area (TPSA) is 96.5 Å². The summed E-state index contributed by atoms with van der Waals surface area (Å²) in [5.74, 6) is -0.523. The van der Waals surface area contributed by atoms with E-state index in [1.165, 1.54) is 0 Å². The fraction of sp³-hybridized carbons (Fsp3) is 0.591. The Bertz CT molecular complexity index is 684. The molecule has 0 spiro atoms. The van der Waals surface area contributed by atoms with Crippen LogP contribution in [0.1, 0.15) is 57.5 Å². The number of benzene rings is 1. The van der Waals surface area contributed by atoms with E-state index in [4.69, 9.17) is 4.74 Å². The highest BCUT2D eigenvalue weighted by molar-refractivity contribution is 5.94. The highest BCUT2D eigenvalue weighted by Crippen LogP contribution is 2.08. The highest BCUT2D eigenvalue weighted by Gasteiger charge is 2.28. The molecule has 3 N–H and O–H groups in total. The van der Waals surface area contributed by atoms with Gasteiger partial charge in [0.2, 0.25) is 5.91 Å². The third-order valence-electron chi connectivity index (χ3n) is 4.49. The summed E-state index contributed by atoms with van der Waals surface area (Å²) in [6.07, 6.45) is -0.895. The Morgan fingerprint density at radius 1 is 0.897 bits per heavy atom. The van der Waals surface area contributed by atoms with E-state index in [1.54, 1.807) is 26.0 Å². The first-order chi connectivity index (χ1) is 13.5. The maximum Gasteiger partial charge on any atom is 0.408 e. The lowest BCUT2D eigenvalue weighted by Gasteiger charge is -2.27. The van der Waals surface area contributed by atoms with Crippen molar-refractivity contribution < 1.29 is 19.1 Å². The van der Waals surface area contributed by atoms with Crippen molar-refractivity contribution in [3.05, 3.63) is 35.4 Å². The van der Waals surface area contributed by atoms with Gasteiger partial charge in [-0.15, -0.1) is 0 Å². The van der Waals surface area contributed by atoms with Crippen molar-refractivity contribution >= 4 is 17.9 Å². The maximum atomic E-state index is 12.8. The van der Waals surface area contributed by atoms with Crippen LogP contribution < -0.4 is 16.0 Å². The fourth-order valence-electron chi connectivity index (χ4n) is 2.65. The van der Waals surface area contributed by atoms with Gasteiger partial charge in [-0.3, -0.25) is 9.59 Å². The standard InChI is InChI=1S/C22H35N3O4/c1-13(2)18(12-23-20(26)17-10-8-16(7)9-11-17)24-21(27)19(14(3)4)25-22(28)29-15(5)6/h8-11,13-15,18-19H,12H2,1-7H3,(H,23,26)(H,24,27)(H,25,28)/t18-,19-/m0/s1. The second-order valence-electron chi connectivity index (χ2n) is 8.26. The minimum absolute atomic E-state index is 0.0905. The molecule has 7 nitrogen and oxygen atoms in total. The van der Waals surface area contributed by atoms with Gasteiger partial charge in [0.25, 0.3) is 5.91 Å². The third-order valence-corrected chi connectivity index (χ3v) is 4.49. The third kappa shape index (κ3) is 8.54. The van der Waals surface area contributed by atoms with Crippen molar-refractivity contribution in [2.45, 2.75) is 66.7 Å². The lowest BCUT2D eigenvalue weighted by molar-refractivity contribution is -0.125. The minimum atomic E-state index is -0.727. The number of hydrogen-bond donors (Lipinski definition) is 3. The predicted molar refractivity (Wildman–Crippen MR) is 114 cm³/mol. The molecular weight excluding hydrogens is 370 g/mol. The molecule has 0 unspecified atom stereocenters. The Morgan fingerprint density at radius 2 is 1.48 bits per heavy atom. The van der Waals surface area contributed by atoms with E-state index in [2.05, 4.69) is 16.0 Å². The zero-order chi connectivity index (χ0) is 22.1. The zero-order valence-electron chi connectivity index (χ0n) is 18.5. The lowest BCUT2D eigenvalue weighted by Crippen LogP contribution is -2.55. The van der Waals surface area contributed by atoms with Crippen molar-refractivity contribution in [3.63, 3.8) is 0 Å². The Hall–Kier alpha value is -2.57. The number of carbonyl (C=O) groups excluding carboxylic acids is 3. The zero-order valence-corrected chi connectivity index (χ0v) is 18.5. The summed E-state index contributed by atoms with van der Waals surface area (Å²) in [5, 5.41) is 8.45. The summed E-state index contributed by atoms with van der Waals surface area (Å²) in [6.45, 7) is 13.4. The first-order valence-electron chi connectivity index (χ1n) is 10.1. The number of ether oxygens (including phenoxy) is 1. The van der Waals surface area contributed by atoms with Gasteiger partial charge in [0.05, 0.1) is 6.10 Å². The number of rotatable bonds is 9. The van der Waals surface area contributed by atoms with E-state index in [9.17, 15) is 14.4 Å². The van der Waals surface area contributed by atoms with Crippen molar-refractivity contribution in [1.29, 1.82) is 0 Å². The van der Waals surface area contributed by atoms with Crippen LogP contribution in [-0.2, 0) is 9.53 Å². The van der Waals surface area contributed by atoms with Crippen LogP contribution in [0, 0.1) is 18.8 Å². The quantitative estimate of drug-likeness (QED) is 0.588. The van der Waals surface area contributed by atoms with Gasteiger partial charge in [-0.1, -0.05) is 45.4 Å². The van der Waals surface area contributed by atoms with E-state index in [-0.39, 0.29) is 42.3 Å². The molecule has 29 heavy (non-hydrogen) atoms. The predicted octanol–water partition coefficient (Wildman–Crippen LogP) is 3.02. The number of amides is 3. The smallest absolute Gasteiger partial charge is 0.408 e. The number of alkyl carbamates (subject to hydrolysis) is 1. The van der Waals surface area contributed by atoms with Crippen molar-refractivity contribution in [3.8, 4) is 0 Å². The van der Waals surface area contributed by atoms with Gasteiger partial charge in [-0.05, 0) is 44.7 Å². The van der Waals surface area contributed by atoms with Gasteiger partial charge in [0.15, 0.2) is 0 Å². The second-order valence-corrected chi connectivity index (χ2v) is 8.26. The molecule has 0 aliphatic rings. The molecular formula is C22H35N3O4. The summed E-state index contributed by atoms with van der Waals surface area (Å²) in [7, 11) is 0. The molecule has 0 radical (unpaired) electrons. The van der Waals surface area contributed by atoms with Gasteiger partial charge in [0.1, 0.15) is 6.04 Å². The lowest BCUT2D eigenvalue weighted by atomic mass is 10.00. The number of aryl methyl sites for hydroxylation is 1. The van der Waals surface area contributed by atoms with Crippen LogP contribution in [0.15, 0.2) is 24.3 Å². The molecule has 0 bridgehead atoms. The molecule has 7 heteroatoms. The summed E-state index contributed by atoms with van der Waals surface area (Å²) in [6, 6.07) is 6.30. The summed E-state index contributed by atoms with van der Waals surface area (Å²) < 4.78 is 5.08. The summed E-state index contributed by atoms with van der Waals surface area (Å²) in [5.41, 5.74) is 1.65. The molecule has 162 valence electrons. The molecule has 2 atom stereocenters. The van der Waals surface area contributed by atoms with E-state index >= 15 is 0 Å².